The molecule has 0 bridgehead atoms. The monoisotopic (exact) mass is 188 g/mol. The van der Waals surface area contributed by atoms with Gasteiger partial charge in [0.05, 0.1) is 18.8 Å². The lowest BCUT2D eigenvalue weighted by Gasteiger charge is -2.36. The molecule has 0 saturated carbocycles. The van der Waals surface area contributed by atoms with Crippen LogP contribution in [0.1, 0.15) is 6.42 Å². The molecule has 0 spiro atoms. The second-order valence-corrected chi connectivity index (χ2v) is 3.65. The minimum Gasteiger partial charge on any atom is -0.383 e. The van der Waals surface area contributed by atoms with E-state index in [2.05, 4.69) is 11.9 Å². The van der Waals surface area contributed by atoms with Crippen molar-refractivity contribution < 1.29 is 9.47 Å². The molecule has 1 aliphatic rings. The van der Waals surface area contributed by atoms with E-state index in [1.54, 1.807) is 7.11 Å². The third-order valence-corrected chi connectivity index (χ3v) is 2.90. The zero-order chi connectivity index (χ0) is 9.73. The van der Waals surface area contributed by atoms with Gasteiger partial charge in [0.2, 0.25) is 0 Å². The van der Waals surface area contributed by atoms with Crippen LogP contribution < -0.4 is 5.73 Å². The normalized spacial score (nSPS) is 28.6. The number of nitrogens with zero attached hydrogens (tertiary/aromatic N) is 1. The van der Waals surface area contributed by atoms with E-state index in [-0.39, 0.29) is 5.54 Å². The number of nitrogens with two attached hydrogens (primary N) is 1. The topological polar surface area (TPSA) is 47.7 Å². The highest BCUT2D eigenvalue weighted by Crippen LogP contribution is 2.23. The third kappa shape index (κ3) is 2.40. The number of rotatable bonds is 5. The highest BCUT2D eigenvalue weighted by atomic mass is 16.5. The van der Waals surface area contributed by atoms with Crippen LogP contribution in [0.15, 0.2) is 0 Å². The summed E-state index contributed by atoms with van der Waals surface area (Å²) in [6.07, 6.45) is 1.03. The number of likely N-dealkylation sites (N-methyl/N-ethyl adjacent to an activating group) is 1. The molecule has 4 nitrogen and oxygen atoms in total. The standard InChI is InChI=1S/C9H20N2O2/c1-11(4-6-12-2)9(7-10)3-5-13-8-9/h3-8,10H2,1-2H3. The molecular weight excluding hydrogens is 168 g/mol. The highest BCUT2D eigenvalue weighted by Gasteiger charge is 2.37. The van der Waals surface area contributed by atoms with Gasteiger partial charge in [-0.25, -0.2) is 0 Å². The number of hydrogen-bond acceptors (Lipinski definition) is 4. The van der Waals surface area contributed by atoms with Crippen LogP contribution in [0, 0.1) is 0 Å². The predicted octanol–water partition coefficient (Wildman–Crippen LogP) is -0.318. The summed E-state index contributed by atoms with van der Waals surface area (Å²) in [5, 5.41) is 0. The van der Waals surface area contributed by atoms with Crippen LogP contribution in [0.2, 0.25) is 0 Å². The first-order valence-electron chi connectivity index (χ1n) is 4.73. The molecule has 0 aromatic rings. The third-order valence-electron chi connectivity index (χ3n) is 2.90. The molecule has 1 aliphatic heterocycles. The summed E-state index contributed by atoms with van der Waals surface area (Å²) in [5.41, 5.74) is 5.83. The average molecular weight is 188 g/mol. The first-order valence-corrected chi connectivity index (χ1v) is 4.73. The number of hydrogen-bond donors (Lipinski definition) is 1. The minimum absolute atomic E-state index is 0.0541. The Morgan fingerprint density at radius 1 is 1.62 bits per heavy atom. The van der Waals surface area contributed by atoms with Crippen molar-refractivity contribution in [3.8, 4) is 0 Å². The Balaban J connectivity index is 2.44. The van der Waals surface area contributed by atoms with Gasteiger partial charge >= 0.3 is 0 Å². The van der Waals surface area contributed by atoms with Crippen LogP contribution in [0.4, 0.5) is 0 Å². The summed E-state index contributed by atoms with van der Waals surface area (Å²) in [7, 11) is 3.80. The van der Waals surface area contributed by atoms with Crippen LogP contribution in [-0.2, 0) is 9.47 Å². The maximum atomic E-state index is 5.78. The Hall–Kier alpha value is -0.160. The van der Waals surface area contributed by atoms with Gasteiger partial charge in [0, 0.05) is 26.8 Å². The summed E-state index contributed by atoms with van der Waals surface area (Å²) in [5.74, 6) is 0. The van der Waals surface area contributed by atoms with Crippen LogP contribution in [0.5, 0.6) is 0 Å². The van der Waals surface area contributed by atoms with Crippen molar-refractivity contribution >= 4 is 0 Å². The van der Waals surface area contributed by atoms with Gasteiger partial charge in [-0.3, -0.25) is 4.90 Å². The largest absolute Gasteiger partial charge is 0.383 e. The molecule has 0 aliphatic carbocycles. The maximum Gasteiger partial charge on any atom is 0.0663 e. The Bertz CT molecular complexity index is 147. The van der Waals surface area contributed by atoms with E-state index in [1.807, 2.05) is 0 Å². The SMILES string of the molecule is COCCN(C)C1(CN)CCOC1. The molecule has 13 heavy (non-hydrogen) atoms. The molecule has 2 N–H and O–H groups in total. The lowest BCUT2D eigenvalue weighted by Crippen LogP contribution is -2.53. The van der Waals surface area contributed by atoms with Crippen molar-refractivity contribution in [1.82, 2.24) is 4.90 Å². The Kier molecular flexibility index (Phi) is 4.12. The average Bonchev–Trinajstić information content (AvgIpc) is 2.63. The van der Waals surface area contributed by atoms with E-state index in [9.17, 15) is 0 Å². The second-order valence-electron chi connectivity index (χ2n) is 3.65. The van der Waals surface area contributed by atoms with Crippen molar-refractivity contribution in [2.45, 2.75) is 12.0 Å². The van der Waals surface area contributed by atoms with Crippen molar-refractivity contribution in [2.75, 3.05) is 47.1 Å². The molecule has 4 heteroatoms. The fourth-order valence-electron chi connectivity index (χ4n) is 1.68. The van der Waals surface area contributed by atoms with E-state index in [4.69, 9.17) is 15.2 Å². The van der Waals surface area contributed by atoms with Gasteiger partial charge in [-0.15, -0.1) is 0 Å². The van der Waals surface area contributed by atoms with E-state index < -0.39 is 0 Å². The quantitative estimate of drug-likeness (QED) is 0.642. The number of ether oxygens (including phenoxy) is 2. The number of methoxy groups -OCH3 is 1. The minimum atomic E-state index is 0.0541. The van der Waals surface area contributed by atoms with Crippen LogP contribution in [-0.4, -0.2) is 57.5 Å². The molecule has 1 atom stereocenters. The second kappa shape index (κ2) is 4.91. The molecule has 1 rings (SSSR count). The zero-order valence-corrected chi connectivity index (χ0v) is 8.58. The summed E-state index contributed by atoms with van der Waals surface area (Å²) >= 11 is 0. The Labute approximate surface area is 80.0 Å². The lowest BCUT2D eigenvalue weighted by molar-refractivity contribution is 0.0678. The summed E-state index contributed by atoms with van der Waals surface area (Å²) < 4.78 is 10.4. The smallest absolute Gasteiger partial charge is 0.0663 e. The fraction of sp³-hybridized carbons (Fsp3) is 1.00. The lowest BCUT2D eigenvalue weighted by atomic mass is 9.97. The molecular formula is C9H20N2O2. The van der Waals surface area contributed by atoms with Crippen molar-refractivity contribution in [3.05, 3.63) is 0 Å². The van der Waals surface area contributed by atoms with E-state index in [1.165, 1.54) is 0 Å². The summed E-state index contributed by atoms with van der Waals surface area (Å²) in [4.78, 5) is 2.25. The van der Waals surface area contributed by atoms with Crippen LogP contribution >= 0.6 is 0 Å². The van der Waals surface area contributed by atoms with Gasteiger partial charge in [0.15, 0.2) is 0 Å². The van der Waals surface area contributed by atoms with Gasteiger partial charge < -0.3 is 15.2 Å². The Morgan fingerprint density at radius 3 is 2.85 bits per heavy atom. The summed E-state index contributed by atoms with van der Waals surface area (Å²) in [6.45, 7) is 3.90. The van der Waals surface area contributed by atoms with E-state index in [0.717, 1.165) is 32.8 Å². The van der Waals surface area contributed by atoms with Gasteiger partial charge in [-0.1, -0.05) is 0 Å². The first-order chi connectivity index (χ1) is 6.25. The van der Waals surface area contributed by atoms with Crippen molar-refractivity contribution in [1.29, 1.82) is 0 Å². The molecule has 0 amide bonds. The molecule has 1 unspecified atom stereocenters. The fourth-order valence-corrected chi connectivity index (χ4v) is 1.68. The van der Waals surface area contributed by atoms with E-state index in [0.29, 0.717) is 6.54 Å². The molecule has 78 valence electrons. The van der Waals surface area contributed by atoms with Gasteiger partial charge in [0.25, 0.3) is 0 Å². The molecule has 1 fully saturated rings. The predicted molar refractivity (Wildman–Crippen MR) is 51.7 cm³/mol. The van der Waals surface area contributed by atoms with Crippen molar-refractivity contribution in [3.63, 3.8) is 0 Å². The molecule has 0 radical (unpaired) electrons. The van der Waals surface area contributed by atoms with E-state index >= 15 is 0 Å². The van der Waals surface area contributed by atoms with Crippen LogP contribution in [0.25, 0.3) is 0 Å². The van der Waals surface area contributed by atoms with Crippen molar-refractivity contribution in [2.24, 2.45) is 5.73 Å². The van der Waals surface area contributed by atoms with Gasteiger partial charge in [0.1, 0.15) is 0 Å². The Morgan fingerprint density at radius 2 is 2.38 bits per heavy atom. The summed E-state index contributed by atoms with van der Waals surface area (Å²) in [6, 6.07) is 0. The molecule has 0 aromatic carbocycles. The highest BCUT2D eigenvalue weighted by molar-refractivity contribution is 4.93. The molecule has 1 heterocycles. The van der Waals surface area contributed by atoms with Gasteiger partial charge in [-0.05, 0) is 13.5 Å². The first kappa shape index (κ1) is 10.9. The van der Waals surface area contributed by atoms with Gasteiger partial charge in [-0.2, -0.15) is 0 Å². The molecule has 0 aromatic heterocycles. The maximum absolute atomic E-state index is 5.78. The molecule has 1 saturated heterocycles. The van der Waals surface area contributed by atoms with Crippen LogP contribution in [0.3, 0.4) is 0 Å². The zero-order valence-electron chi connectivity index (χ0n) is 8.58.